The highest BCUT2D eigenvalue weighted by molar-refractivity contribution is 5.58. The second-order valence-corrected chi connectivity index (χ2v) is 3.05. The van der Waals surface area contributed by atoms with Crippen LogP contribution in [-0.2, 0) is 0 Å². The summed E-state index contributed by atoms with van der Waals surface area (Å²) in [5, 5.41) is 4.26. The van der Waals surface area contributed by atoms with Gasteiger partial charge in [0.25, 0.3) is 0 Å². The third kappa shape index (κ3) is 0.744. The second-order valence-electron chi connectivity index (χ2n) is 3.05. The van der Waals surface area contributed by atoms with Crippen molar-refractivity contribution in [2.24, 2.45) is 0 Å². The third-order valence-corrected chi connectivity index (χ3v) is 2.20. The van der Waals surface area contributed by atoms with Crippen molar-refractivity contribution in [3.05, 3.63) is 36.5 Å². The molecule has 0 aliphatic rings. The number of hydrogen-bond acceptors (Lipinski definition) is 2. The Bertz CT molecular complexity index is 575. The lowest BCUT2D eigenvalue weighted by atomic mass is 10.5. The van der Waals surface area contributed by atoms with E-state index < -0.39 is 0 Å². The van der Waals surface area contributed by atoms with Gasteiger partial charge in [-0.2, -0.15) is 5.10 Å². The Balaban J connectivity index is 2.66. The number of fused-ring (bicyclic) bond motifs is 3. The van der Waals surface area contributed by atoms with Crippen LogP contribution in [0.4, 0.5) is 0 Å². The number of hydrogen-bond donors (Lipinski definition) is 0. The minimum Gasteiger partial charge on any atom is -0.288 e. The van der Waals surface area contributed by atoms with Crippen molar-refractivity contribution < 1.29 is 0 Å². The van der Waals surface area contributed by atoms with E-state index in [9.17, 15) is 0 Å². The first kappa shape index (κ1) is 6.65. The molecule has 64 valence electrons. The summed E-state index contributed by atoms with van der Waals surface area (Å²) in [5.41, 5.74) is 3.12. The van der Waals surface area contributed by atoms with Crippen molar-refractivity contribution in [2.75, 3.05) is 0 Å². The lowest BCUT2D eigenvalue weighted by Gasteiger charge is -1.91. The van der Waals surface area contributed by atoms with Gasteiger partial charge in [-0.3, -0.25) is 4.40 Å². The Labute approximate surface area is 74.4 Å². The summed E-state index contributed by atoms with van der Waals surface area (Å²) in [7, 11) is 0. The number of aryl methyl sites for hydroxylation is 1. The Morgan fingerprint density at radius 1 is 1.38 bits per heavy atom. The maximum absolute atomic E-state index is 4.26. The van der Waals surface area contributed by atoms with E-state index in [1.807, 2.05) is 34.2 Å². The van der Waals surface area contributed by atoms with Crippen molar-refractivity contribution in [3.63, 3.8) is 0 Å². The molecule has 13 heavy (non-hydrogen) atoms. The van der Waals surface area contributed by atoms with E-state index in [0.717, 1.165) is 16.9 Å². The highest BCUT2D eigenvalue weighted by atomic mass is 15.3. The van der Waals surface area contributed by atoms with Gasteiger partial charge in [-0.05, 0) is 19.1 Å². The lowest BCUT2D eigenvalue weighted by Crippen LogP contribution is -1.90. The standard InChI is InChI=1S/C9H8N4/c1-7-9-12(6-10-7)5-8-3-2-4-11-13(8)9/h2-6H,1H3. The van der Waals surface area contributed by atoms with Gasteiger partial charge < -0.3 is 0 Å². The van der Waals surface area contributed by atoms with E-state index in [4.69, 9.17) is 0 Å². The van der Waals surface area contributed by atoms with Gasteiger partial charge in [0.05, 0.1) is 11.2 Å². The summed E-state index contributed by atoms with van der Waals surface area (Å²) >= 11 is 0. The van der Waals surface area contributed by atoms with Gasteiger partial charge in [-0.25, -0.2) is 9.50 Å². The van der Waals surface area contributed by atoms with Gasteiger partial charge in [0.2, 0.25) is 0 Å². The van der Waals surface area contributed by atoms with E-state index >= 15 is 0 Å². The molecule has 3 aromatic heterocycles. The highest BCUT2D eigenvalue weighted by Gasteiger charge is 2.05. The van der Waals surface area contributed by atoms with Crippen LogP contribution in [0.2, 0.25) is 0 Å². The van der Waals surface area contributed by atoms with Crippen molar-refractivity contribution in [2.45, 2.75) is 6.92 Å². The molecule has 0 aromatic carbocycles. The predicted octanol–water partition coefficient (Wildman–Crippen LogP) is 1.29. The van der Waals surface area contributed by atoms with Crippen molar-refractivity contribution >= 4 is 11.2 Å². The van der Waals surface area contributed by atoms with Crippen LogP contribution in [0.25, 0.3) is 11.2 Å². The van der Waals surface area contributed by atoms with Gasteiger partial charge in [0.15, 0.2) is 5.65 Å². The Morgan fingerprint density at radius 2 is 2.31 bits per heavy atom. The highest BCUT2D eigenvalue weighted by Crippen LogP contribution is 2.12. The maximum Gasteiger partial charge on any atom is 0.161 e. The fourth-order valence-electron chi connectivity index (χ4n) is 1.61. The zero-order chi connectivity index (χ0) is 8.84. The monoisotopic (exact) mass is 172 g/mol. The molecule has 0 aliphatic heterocycles. The molecule has 0 radical (unpaired) electrons. The molecule has 0 fully saturated rings. The van der Waals surface area contributed by atoms with E-state index in [2.05, 4.69) is 10.1 Å². The number of imidazole rings is 2. The van der Waals surface area contributed by atoms with Crippen LogP contribution in [0.5, 0.6) is 0 Å². The molecular weight excluding hydrogens is 164 g/mol. The van der Waals surface area contributed by atoms with E-state index in [0.29, 0.717) is 0 Å². The number of nitrogens with zero attached hydrogens (tertiary/aromatic N) is 4. The maximum atomic E-state index is 4.26. The largest absolute Gasteiger partial charge is 0.288 e. The van der Waals surface area contributed by atoms with Crippen molar-refractivity contribution in [1.29, 1.82) is 0 Å². The zero-order valence-corrected chi connectivity index (χ0v) is 7.18. The molecule has 0 atom stereocenters. The number of aromatic nitrogens is 4. The van der Waals surface area contributed by atoms with E-state index in [1.165, 1.54) is 0 Å². The van der Waals surface area contributed by atoms with Crippen LogP contribution in [0.15, 0.2) is 30.9 Å². The molecule has 3 aromatic rings. The molecule has 0 saturated carbocycles. The molecular formula is C9H8N4. The third-order valence-electron chi connectivity index (χ3n) is 2.20. The second kappa shape index (κ2) is 2.10. The molecule has 4 heteroatoms. The van der Waals surface area contributed by atoms with Gasteiger partial charge in [0.1, 0.15) is 6.33 Å². The molecule has 0 unspecified atom stereocenters. The predicted molar refractivity (Wildman–Crippen MR) is 48.7 cm³/mol. The molecule has 0 spiro atoms. The molecule has 0 amide bonds. The van der Waals surface area contributed by atoms with Crippen LogP contribution in [0.3, 0.4) is 0 Å². The minimum atomic E-state index is 0.999. The van der Waals surface area contributed by atoms with Crippen LogP contribution in [-0.4, -0.2) is 19.0 Å². The summed E-state index contributed by atoms with van der Waals surface area (Å²) < 4.78 is 3.88. The Hall–Kier alpha value is -1.84. The summed E-state index contributed by atoms with van der Waals surface area (Å²) in [6.07, 6.45) is 5.60. The zero-order valence-electron chi connectivity index (χ0n) is 7.18. The normalized spacial score (nSPS) is 11.5. The average molecular weight is 172 g/mol. The fraction of sp³-hybridized carbons (Fsp3) is 0.111. The average Bonchev–Trinajstić information content (AvgIpc) is 2.66. The summed E-state index contributed by atoms with van der Waals surface area (Å²) in [6, 6.07) is 3.96. The first-order chi connectivity index (χ1) is 6.36. The number of rotatable bonds is 0. The van der Waals surface area contributed by atoms with Gasteiger partial charge in [-0.1, -0.05) is 0 Å². The van der Waals surface area contributed by atoms with Crippen molar-refractivity contribution in [1.82, 2.24) is 19.0 Å². The molecule has 0 saturated heterocycles. The first-order valence-electron chi connectivity index (χ1n) is 4.12. The van der Waals surface area contributed by atoms with E-state index in [-0.39, 0.29) is 0 Å². The van der Waals surface area contributed by atoms with Crippen LogP contribution in [0, 0.1) is 6.92 Å². The van der Waals surface area contributed by atoms with Gasteiger partial charge in [0, 0.05) is 12.4 Å². The quantitative estimate of drug-likeness (QED) is 0.512. The van der Waals surface area contributed by atoms with Crippen LogP contribution in [0.1, 0.15) is 5.69 Å². The minimum absolute atomic E-state index is 0.999. The van der Waals surface area contributed by atoms with Crippen LogP contribution >= 0.6 is 0 Å². The van der Waals surface area contributed by atoms with E-state index in [1.54, 1.807) is 12.5 Å². The summed E-state index contributed by atoms with van der Waals surface area (Å²) in [5.74, 6) is 0. The van der Waals surface area contributed by atoms with Crippen LogP contribution < -0.4 is 0 Å². The Morgan fingerprint density at radius 3 is 3.23 bits per heavy atom. The Kier molecular flexibility index (Phi) is 1.07. The van der Waals surface area contributed by atoms with Gasteiger partial charge >= 0.3 is 0 Å². The molecule has 0 aliphatic carbocycles. The lowest BCUT2D eigenvalue weighted by molar-refractivity contribution is 0.957. The first-order valence-corrected chi connectivity index (χ1v) is 4.12. The molecule has 4 nitrogen and oxygen atoms in total. The topological polar surface area (TPSA) is 34.6 Å². The molecule has 3 heterocycles. The molecule has 3 rings (SSSR count). The van der Waals surface area contributed by atoms with Gasteiger partial charge in [-0.15, -0.1) is 0 Å². The summed E-state index contributed by atoms with van der Waals surface area (Å²) in [6.45, 7) is 1.98. The fourth-order valence-corrected chi connectivity index (χ4v) is 1.61. The SMILES string of the molecule is Cc1ncn2cc3cccnn3c12. The van der Waals surface area contributed by atoms with Crippen molar-refractivity contribution in [3.8, 4) is 0 Å². The summed E-state index contributed by atoms with van der Waals surface area (Å²) in [4.78, 5) is 4.21. The molecule has 0 N–H and O–H groups in total. The molecule has 0 bridgehead atoms. The smallest absolute Gasteiger partial charge is 0.161 e.